The number of aryl methyl sites for hydroxylation is 1. The van der Waals surface area contributed by atoms with Crippen molar-refractivity contribution >= 4 is 39.1 Å². The van der Waals surface area contributed by atoms with E-state index in [1.807, 2.05) is 37.3 Å². The molecule has 0 saturated carbocycles. The summed E-state index contributed by atoms with van der Waals surface area (Å²) in [4.78, 5) is 31.3. The molecule has 2 aromatic carbocycles. The third-order valence-electron chi connectivity index (χ3n) is 4.28. The van der Waals surface area contributed by atoms with Crippen molar-refractivity contribution in [2.75, 3.05) is 12.0 Å². The number of rotatable bonds is 5. The number of thiophene rings is 1. The Morgan fingerprint density at radius 2 is 1.90 bits per heavy atom. The van der Waals surface area contributed by atoms with Crippen LogP contribution in [0.3, 0.4) is 0 Å². The van der Waals surface area contributed by atoms with Gasteiger partial charge in [-0.3, -0.25) is 15.0 Å². The standard InChI is InChI=1S/C21H16ClN3O3S/c1-13-18(14-5-3-2-4-6-14)19-20(29-13)23-12-25(21(19)27)24-17(26)11-28-16-9-7-15(22)8-10-16/h2-10,12H,11H2,1H3,(H,24,26). The normalized spacial score (nSPS) is 10.8. The van der Waals surface area contributed by atoms with Crippen LogP contribution in [0.25, 0.3) is 21.3 Å². The molecule has 0 bridgehead atoms. The maximum absolute atomic E-state index is 13.0. The van der Waals surface area contributed by atoms with Gasteiger partial charge in [0.05, 0.1) is 5.39 Å². The molecule has 2 aromatic heterocycles. The molecule has 29 heavy (non-hydrogen) atoms. The predicted molar refractivity (Wildman–Crippen MR) is 115 cm³/mol. The molecule has 0 saturated heterocycles. The number of nitrogens with one attached hydrogen (secondary N) is 1. The Bertz CT molecular complexity index is 1230. The van der Waals surface area contributed by atoms with Crippen LogP contribution in [-0.4, -0.2) is 22.2 Å². The zero-order valence-corrected chi connectivity index (χ0v) is 17.0. The van der Waals surface area contributed by atoms with Gasteiger partial charge >= 0.3 is 0 Å². The molecular formula is C21H16ClN3O3S. The molecule has 0 aliphatic rings. The monoisotopic (exact) mass is 425 g/mol. The summed E-state index contributed by atoms with van der Waals surface area (Å²) < 4.78 is 6.51. The van der Waals surface area contributed by atoms with E-state index in [9.17, 15) is 9.59 Å². The number of benzene rings is 2. The van der Waals surface area contributed by atoms with Crippen molar-refractivity contribution in [2.24, 2.45) is 0 Å². The molecule has 0 fully saturated rings. The minimum absolute atomic E-state index is 0.250. The molecule has 0 spiro atoms. The fraction of sp³-hybridized carbons (Fsp3) is 0.0952. The van der Waals surface area contributed by atoms with E-state index in [-0.39, 0.29) is 12.2 Å². The van der Waals surface area contributed by atoms with Crippen LogP contribution >= 0.6 is 22.9 Å². The topological polar surface area (TPSA) is 73.2 Å². The molecule has 0 aliphatic heterocycles. The highest BCUT2D eigenvalue weighted by Crippen LogP contribution is 2.35. The highest BCUT2D eigenvalue weighted by atomic mass is 35.5. The Balaban J connectivity index is 1.60. The van der Waals surface area contributed by atoms with Crippen LogP contribution in [0.4, 0.5) is 0 Å². The second-order valence-electron chi connectivity index (χ2n) is 6.28. The number of hydrogen-bond acceptors (Lipinski definition) is 5. The van der Waals surface area contributed by atoms with Gasteiger partial charge < -0.3 is 4.74 Å². The van der Waals surface area contributed by atoms with Crippen LogP contribution in [0.1, 0.15) is 4.88 Å². The first kappa shape index (κ1) is 19.2. The fourth-order valence-corrected chi connectivity index (χ4v) is 4.11. The maximum atomic E-state index is 13.0. The molecule has 8 heteroatoms. The van der Waals surface area contributed by atoms with E-state index >= 15 is 0 Å². The van der Waals surface area contributed by atoms with E-state index in [1.165, 1.54) is 17.7 Å². The zero-order chi connectivity index (χ0) is 20.4. The smallest absolute Gasteiger partial charge is 0.281 e. The van der Waals surface area contributed by atoms with Crippen molar-refractivity contribution in [3.05, 3.63) is 81.2 Å². The van der Waals surface area contributed by atoms with Gasteiger partial charge in [0.25, 0.3) is 11.5 Å². The first-order chi connectivity index (χ1) is 14.0. The molecule has 0 unspecified atom stereocenters. The summed E-state index contributed by atoms with van der Waals surface area (Å²) in [5, 5.41) is 1.06. The Labute approximate surface area is 175 Å². The molecular weight excluding hydrogens is 410 g/mol. The first-order valence-electron chi connectivity index (χ1n) is 8.77. The lowest BCUT2D eigenvalue weighted by atomic mass is 10.0. The lowest BCUT2D eigenvalue weighted by Gasteiger charge is -2.09. The van der Waals surface area contributed by atoms with Gasteiger partial charge in [0.15, 0.2) is 6.61 Å². The van der Waals surface area contributed by atoms with E-state index in [1.54, 1.807) is 24.3 Å². The number of halogens is 1. The molecule has 0 atom stereocenters. The second kappa shape index (κ2) is 8.06. The summed E-state index contributed by atoms with van der Waals surface area (Å²) in [7, 11) is 0. The highest BCUT2D eigenvalue weighted by Gasteiger charge is 2.17. The lowest BCUT2D eigenvalue weighted by Crippen LogP contribution is -2.35. The van der Waals surface area contributed by atoms with Gasteiger partial charge in [0, 0.05) is 15.5 Å². The number of fused-ring (bicyclic) bond motifs is 1. The lowest BCUT2D eigenvalue weighted by molar-refractivity contribution is -0.119. The van der Waals surface area contributed by atoms with Crippen molar-refractivity contribution < 1.29 is 9.53 Å². The predicted octanol–water partition coefficient (Wildman–Crippen LogP) is 4.24. The van der Waals surface area contributed by atoms with Gasteiger partial charge in [-0.25, -0.2) is 9.66 Å². The van der Waals surface area contributed by atoms with Gasteiger partial charge in [0.2, 0.25) is 0 Å². The van der Waals surface area contributed by atoms with Crippen molar-refractivity contribution in [3.8, 4) is 16.9 Å². The van der Waals surface area contributed by atoms with E-state index in [2.05, 4.69) is 10.4 Å². The molecule has 146 valence electrons. The maximum Gasteiger partial charge on any atom is 0.281 e. The summed E-state index contributed by atoms with van der Waals surface area (Å²) >= 11 is 7.28. The SMILES string of the molecule is Cc1sc2ncn(NC(=O)COc3ccc(Cl)cc3)c(=O)c2c1-c1ccccc1. The van der Waals surface area contributed by atoms with Crippen LogP contribution in [0.2, 0.25) is 5.02 Å². The van der Waals surface area contributed by atoms with Crippen LogP contribution in [0.5, 0.6) is 5.75 Å². The van der Waals surface area contributed by atoms with E-state index in [0.29, 0.717) is 21.0 Å². The van der Waals surface area contributed by atoms with Gasteiger partial charge in [-0.2, -0.15) is 0 Å². The first-order valence-corrected chi connectivity index (χ1v) is 9.97. The molecule has 4 rings (SSSR count). The van der Waals surface area contributed by atoms with Crippen LogP contribution in [0, 0.1) is 6.92 Å². The van der Waals surface area contributed by atoms with E-state index in [0.717, 1.165) is 20.7 Å². The minimum atomic E-state index is -0.476. The van der Waals surface area contributed by atoms with E-state index < -0.39 is 5.91 Å². The number of ether oxygens (including phenoxy) is 1. The molecule has 0 aliphatic carbocycles. The average molecular weight is 426 g/mol. The van der Waals surface area contributed by atoms with Gasteiger partial charge in [0.1, 0.15) is 16.9 Å². The summed E-state index contributed by atoms with van der Waals surface area (Å²) in [5.74, 6) is 0.0294. The molecule has 1 amide bonds. The second-order valence-corrected chi connectivity index (χ2v) is 7.92. The van der Waals surface area contributed by atoms with Crippen LogP contribution in [-0.2, 0) is 4.79 Å². The number of nitrogens with zero attached hydrogens (tertiary/aromatic N) is 2. The summed E-state index contributed by atoms with van der Waals surface area (Å²) in [5.41, 5.74) is 3.97. The quantitative estimate of drug-likeness (QED) is 0.519. The van der Waals surface area contributed by atoms with Crippen molar-refractivity contribution in [1.29, 1.82) is 0 Å². The van der Waals surface area contributed by atoms with Crippen LogP contribution < -0.4 is 15.7 Å². The van der Waals surface area contributed by atoms with Crippen molar-refractivity contribution in [1.82, 2.24) is 9.66 Å². The summed E-state index contributed by atoms with van der Waals surface area (Å²) in [6, 6.07) is 16.3. The van der Waals surface area contributed by atoms with Gasteiger partial charge in [-0.15, -0.1) is 11.3 Å². The number of aromatic nitrogens is 2. The highest BCUT2D eigenvalue weighted by molar-refractivity contribution is 7.19. The number of amides is 1. The molecule has 1 N–H and O–H groups in total. The largest absolute Gasteiger partial charge is 0.484 e. The number of carbonyl (C=O) groups is 1. The Hall–Kier alpha value is -3.16. The number of carbonyl (C=O) groups excluding carboxylic acids is 1. The molecule has 4 aromatic rings. The third kappa shape index (κ3) is 4.01. The summed E-state index contributed by atoms with van der Waals surface area (Å²) in [6.07, 6.45) is 1.32. The third-order valence-corrected chi connectivity index (χ3v) is 5.55. The summed E-state index contributed by atoms with van der Waals surface area (Å²) in [6.45, 7) is 1.71. The number of hydrogen-bond donors (Lipinski definition) is 1. The van der Waals surface area contributed by atoms with Crippen molar-refractivity contribution in [2.45, 2.75) is 6.92 Å². The Morgan fingerprint density at radius 3 is 2.62 bits per heavy atom. The molecule has 6 nitrogen and oxygen atoms in total. The average Bonchev–Trinajstić information content (AvgIpc) is 3.07. The van der Waals surface area contributed by atoms with Crippen LogP contribution in [0.15, 0.2) is 65.7 Å². The van der Waals surface area contributed by atoms with Gasteiger partial charge in [-0.1, -0.05) is 41.9 Å². The van der Waals surface area contributed by atoms with Crippen molar-refractivity contribution in [3.63, 3.8) is 0 Å². The Morgan fingerprint density at radius 1 is 1.17 bits per heavy atom. The Kier molecular flexibility index (Phi) is 5.33. The van der Waals surface area contributed by atoms with E-state index in [4.69, 9.17) is 16.3 Å². The minimum Gasteiger partial charge on any atom is -0.484 e. The molecule has 2 heterocycles. The molecule has 0 radical (unpaired) electrons. The zero-order valence-electron chi connectivity index (χ0n) is 15.4. The fourth-order valence-electron chi connectivity index (χ4n) is 2.98. The van der Waals surface area contributed by atoms with Gasteiger partial charge in [-0.05, 0) is 36.8 Å².